The average molecular weight is 311 g/mol. The van der Waals surface area contributed by atoms with E-state index in [0.717, 1.165) is 41.6 Å². The van der Waals surface area contributed by atoms with E-state index in [2.05, 4.69) is 25.9 Å². The van der Waals surface area contributed by atoms with Crippen LogP contribution in [0.15, 0.2) is 16.7 Å². The molecule has 1 unspecified atom stereocenters. The molecule has 96 valence electrons. The number of pyridine rings is 1. The summed E-state index contributed by atoms with van der Waals surface area (Å²) in [4.78, 5) is 8.72. The molecule has 1 saturated heterocycles. The second-order valence-electron chi connectivity index (χ2n) is 4.57. The van der Waals surface area contributed by atoms with Crippen molar-refractivity contribution < 1.29 is 4.74 Å². The van der Waals surface area contributed by atoms with Crippen LogP contribution in [0, 0.1) is 0 Å². The van der Waals surface area contributed by atoms with Gasteiger partial charge in [-0.05, 0) is 41.3 Å². The number of anilines is 1. The summed E-state index contributed by atoms with van der Waals surface area (Å²) < 4.78 is 8.59. The predicted octanol–water partition coefficient (Wildman–Crippen LogP) is 2.35. The van der Waals surface area contributed by atoms with Crippen LogP contribution in [0.3, 0.4) is 0 Å². The Morgan fingerprint density at radius 1 is 1.50 bits per heavy atom. The van der Waals surface area contributed by atoms with E-state index in [0.29, 0.717) is 5.95 Å². The Bertz CT molecular complexity index is 562. The second kappa shape index (κ2) is 4.85. The Labute approximate surface area is 113 Å². The largest absolute Gasteiger partial charge is 0.376 e. The summed E-state index contributed by atoms with van der Waals surface area (Å²) >= 11 is 3.39. The first kappa shape index (κ1) is 11.9. The van der Waals surface area contributed by atoms with Crippen LogP contribution in [0.4, 0.5) is 5.95 Å². The SMILES string of the molecule is Nc1nc2cc(Br)cnc2n1CC1CCCCO1. The smallest absolute Gasteiger partial charge is 0.202 e. The van der Waals surface area contributed by atoms with Gasteiger partial charge in [-0.3, -0.25) is 4.57 Å². The Morgan fingerprint density at radius 3 is 3.17 bits per heavy atom. The molecular formula is C12H15BrN4O. The number of imidazole rings is 1. The van der Waals surface area contributed by atoms with Gasteiger partial charge in [0.2, 0.25) is 5.95 Å². The molecule has 1 atom stereocenters. The van der Waals surface area contributed by atoms with Crippen LogP contribution in [0.2, 0.25) is 0 Å². The molecular weight excluding hydrogens is 296 g/mol. The normalized spacial score (nSPS) is 20.4. The molecule has 3 heterocycles. The summed E-state index contributed by atoms with van der Waals surface area (Å²) in [6.45, 7) is 1.58. The lowest BCUT2D eigenvalue weighted by Crippen LogP contribution is -2.25. The summed E-state index contributed by atoms with van der Waals surface area (Å²) in [7, 11) is 0. The van der Waals surface area contributed by atoms with E-state index in [1.54, 1.807) is 6.20 Å². The molecule has 0 aromatic carbocycles. The Hall–Kier alpha value is -1.14. The molecule has 6 heteroatoms. The van der Waals surface area contributed by atoms with Gasteiger partial charge in [-0.2, -0.15) is 0 Å². The molecule has 2 aromatic rings. The minimum Gasteiger partial charge on any atom is -0.376 e. The summed E-state index contributed by atoms with van der Waals surface area (Å²) in [5, 5.41) is 0. The molecule has 5 nitrogen and oxygen atoms in total. The van der Waals surface area contributed by atoms with Crippen LogP contribution in [0.5, 0.6) is 0 Å². The van der Waals surface area contributed by atoms with Crippen LogP contribution in [-0.2, 0) is 11.3 Å². The van der Waals surface area contributed by atoms with Gasteiger partial charge in [0.05, 0.1) is 12.6 Å². The van der Waals surface area contributed by atoms with Crippen LogP contribution in [0.1, 0.15) is 19.3 Å². The fourth-order valence-electron chi connectivity index (χ4n) is 2.34. The van der Waals surface area contributed by atoms with E-state index in [-0.39, 0.29) is 6.10 Å². The highest BCUT2D eigenvalue weighted by atomic mass is 79.9. The topological polar surface area (TPSA) is 66.0 Å². The zero-order valence-electron chi connectivity index (χ0n) is 9.97. The number of hydrogen-bond acceptors (Lipinski definition) is 4. The summed E-state index contributed by atoms with van der Waals surface area (Å²) in [5.41, 5.74) is 7.60. The highest BCUT2D eigenvalue weighted by molar-refractivity contribution is 9.10. The van der Waals surface area contributed by atoms with Gasteiger partial charge in [0.25, 0.3) is 0 Å². The number of fused-ring (bicyclic) bond motifs is 1. The predicted molar refractivity (Wildman–Crippen MR) is 73.2 cm³/mol. The van der Waals surface area contributed by atoms with Gasteiger partial charge in [-0.1, -0.05) is 0 Å². The lowest BCUT2D eigenvalue weighted by molar-refractivity contribution is 0.00686. The van der Waals surface area contributed by atoms with E-state index >= 15 is 0 Å². The van der Waals surface area contributed by atoms with Crippen molar-refractivity contribution in [2.24, 2.45) is 0 Å². The summed E-state index contributed by atoms with van der Waals surface area (Å²) in [6.07, 6.45) is 5.44. The van der Waals surface area contributed by atoms with Crippen LogP contribution in [0.25, 0.3) is 11.2 Å². The third kappa shape index (κ3) is 2.22. The number of hydrogen-bond donors (Lipinski definition) is 1. The van der Waals surface area contributed by atoms with Crippen molar-refractivity contribution in [3.05, 3.63) is 16.7 Å². The van der Waals surface area contributed by atoms with Crippen molar-refractivity contribution >= 4 is 33.0 Å². The third-order valence-corrected chi connectivity index (χ3v) is 3.67. The van der Waals surface area contributed by atoms with Crippen molar-refractivity contribution in [1.82, 2.24) is 14.5 Å². The van der Waals surface area contributed by atoms with Crippen LogP contribution < -0.4 is 5.73 Å². The molecule has 0 radical (unpaired) electrons. The number of rotatable bonds is 2. The Morgan fingerprint density at radius 2 is 2.39 bits per heavy atom. The highest BCUT2D eigenvalue weighted by Gasteiger charge is 2.18. The molecule has 18 heavy (non-hydrogen) atoms. The summed E-state index contributed by atoms with van der Waals surface area (Å²) in [5.74, 6) is 0.504. The molecule has 0 spiro atoms. The standard InChI is InChI=1S/C12H15BrN4O/c13-8-5-10-11(15-6-8)17(12(14)16-10)7-9-3-1-2-4-18-9/h5-6,9H,1-4,7H2,(H2,14,16). The van der Waals surface area contributed by atoms with Gasteiger partial charge in [-0.25, -0.2) is 9.97 Å². The maximum Gasteiger partial charge on any atom is 0.202 e. The molecule has 3 rings (SSSR count). The third-order valence-electron chi connectivity index (χ3n) is 3.24. The van der Waals surface area contributed by atoms with Crippen LogP contribution in [-0.4, -0.2) is 27.2 Å². The average Bonchev–Trinajstić information content (AvgIpc) is 2.66. The monoisotopic (exact) mass is 310 g/mol. The lowest BCUT2D eigenvalue weighted by Gasteiger charge is -2.23. The van der Waals surface area contributed by atoms with Crippen LogP contribution >= 0.6 is 15.9 Å². The van der Waals surface area contributed by atoms with Gasteiger partial charge < -0.3 is 10.5 Å². The lowest BCUT2D eigenvalue weighted by atomic mass is 10.1. The maximum atomic E-state index is 5.96. The molecule has 0 bridgehead atoms. The fourth-order valence-corrected chi connectivity index (χ4v) is 2.66. The fraction of sp³-hybridized carbons (Fsp3) is 0.500. The van der Waals surface area contributed by atoms with Gasteiger partial charge in [0, 0.05) is 17.3 Å². The van der Waals surface area contributed by atoms with E-state index in [1.165, 1.54) is 6.42 Å². The second-order valence-corrected chi connectivity index (χ2v) is 5.48. The van der Waals surface area contributed by atoms with Gasteiger partial charge in [-0.15, -0.1) is 0 Å². The molecule has 1 fully saturated rings. The van der Waals surface area contributed by atoms with Crippen molar-refractivity contribution in [2.45, 2.75) is 31.9 Å². The minimum atomic E-state index is 0.226. The Kier molecular flexibility index (Phi) is 3.22. The number of aromatic nitrogens is 3. The zero-order chi connectivity index (χ0) is 12.5. The molecule has 2 N–H and O–H groups in total. The van der Waals surface area contributed by atoms with E-state index in [4.69, 9.17) is 10.5 Å². The Balaban J connectivity index is 1.92. The van der Waals surface area contributed by atoms with Crippen molar-refractivity contribution in [2.75, 3.05) is 12.3 Å². The van der Waals surface area contributed by atoms with Crippen molar-refractivity contribution in [1.29, 1.82) is 0 Å². The molecule has 1 aliphatic rings. The first-order valence-corrected chi connectivity index (χ1v) is 6.92. The molecule has 2 aromatic heterocycles. The quantitative estimate of drug-likeness (QED) is 0.924. The number of nitrogens with zero attached hydrogens (tertiary/aromatic N) is 3. The molecule has 0 saturated carbocycles. The number of ether oxygens (including phenoxy) is 1. The van der Waals surface area contributed by atoms with E-state index in [1.807, 2.05) is 10.6 Å². The van der Waals surface area contributed by atoms with Gasteiger partial charge in [0.15, 0.2) is 5.65 Å². The first-order chi connectivity index (χ1) is 8.74. The van der Waals surface area contributed by atoms with E-state index in [9.17, 15) is 0 Å². The minimum absolute atomic E-state index is 0.226. The highest BCUT2D eigenvalue weighted by Crippen LogP contribution is 2.22. The first-order valence-electron chi connectivity index (χ1n) is 6.13. The maximum absolute atomic E-state index is 5.96. The molecule has 0 amide bonds. The zero-order valence-corrected chi connectivity index (χ0v) is 11.6. The number of halogens is 1. The summed E-state index contributed by atoms with van der Waals surface area (Å²) in [6, 6.07) is 1.93. The van der Waals surface area contributed by atoms with E-state index < -0.39 is 0 Å². The molecule has 1 aliphatic heterocycles. The van der Waals surface area contributed by atoms with Crippen molar-refractivity contribution in [3.63, 3.8) is 0 Å². The van der Waals surface area contributed by atoms with Gasteiger partial charge >= 0.3 is 0 Å². The van der Waals surface area contributed by atoms with Gasteiger partial charge in [0.1, 0.15) is 5.52 Å². The number of nitrogen functional groups attached to an aromatic ring is 1. The molecule has 0 aliphatic carbocycles. The van der Waals surface area contributed by atoms with Crippen molar-refractivity contribution in [3.8, 4) is 0 Å². The number of nitrogens with two attached hydrogens (primary N) is 1.